The zero-order chi connectivity index (χ0) is 26.1. The lowest BCUT2D eigenvalue weighted by atomic mass is 10.1. The summed E-state index contributed by atoms with van der Waals surface area (Å²) in [5.41, 5.74) is 1.31. The van der Waals surface area contributed by atoms with E-state index in [0.717, 1.165) is 4.31 Å². The van der Waals surface area contributed by atoms with Crippen LogP contribution in [0.1, 0.15) is 41.0 Å². The van der Waals surface area contributed by atoms with Gasteiger partial charge in [-0.3, -0.25) is 9.78 Å². The molecule has 0 aliphatic carbocycles. The molecule has 0 saturated carbocycles. The van der Waals surface area contributed by atoms with Gasteiger partial charge in [0, 0.05) is 19.3 Å². The van der Waals surface area contributed by atoms with Crippen LogP contribution in [0, 0.1) is 0 Å². The second kappa shape index (κ2) is 9.87. The van der Waals surface area contributed by atoms with Crippen molar-refractivity contribution in [1.29, 1.82) is 0 Å². The van der Waals surface area contributed by atoms with E-state index in [1.807, 2.05) is 0 Å². The fraction of sp³-hybridized carbons (Fsp3) is 0.400. The number of carbonyl (C=O) groups excluding carboxylic acids is 1. The minimum atomic E-state index is -4.58. The number of carbonyl (C=O) groups is 1. The summed E-state index contributed by atoms with van der Waals surface area (Å²) in [5, 5.41) is 23.3. The Morgan fingerprint density at radius 1 is 1.25 bits per heavy atom. The van der Waals surface area contributed by atoms with Crippen LogP contribution in [-0.2, 0) is 23.1 Å². The molecule has 0 fully saturated rings. The van der Waals surface area contributed by atoms with Crippen molar-refractivity contribution >= 4 is 21.7 Å². The van der Waals surface area contributed by atoms with E-state index in [1.54, 1.807) is 19.1 Å². The molecule has 12 nitrogen and oxygen atoms in total. The number of nitrogens with zero attached hydrogens (tertiary/aromatic N) is 7. The van der Waals surface area contributed by atoms with Crippen molar-refractivity contribution in [2.45, 2.75) is 38.7 Å². The van der Waals surface area contributed by atoms with Gasteiger partial charge in [0.15, 0.2) is 0 Å². The summed E-state index contributed by atoms with van der Waals surface area (Å²) in [6.07, 6.45) is -4.69. The van der Waals surface area contributed by atoms with Gasteiger partial charge in [0.25, 0.3) is 5.91 Å². The number of aliphatic hydroxyl groups excluding tert-OH is 1. The first-order valence-corrected chi connectivity index (χ1v) is 12.3. The average molecular weight is 527 g/mol. The van der Waals surface area contributed by atoms with Crippen LogP contribution in [0.4, 0.5) is 19.0 Å². The molecule has 0 unspecified atom stereocenters. The molecule has 0 aromatic carbocycles. The van der Waals surface area contributed by atoms with Crippen molar-refractivity contribution in [3.8, 4) is 11.5 Å². The Morgan fingerprint density at radius 2 is 2.00 bits per heavy atom. The second-order valence-electron chi connectivity index (χ2n) is 8.13. The Balaban J connectivity index is 1.47. The molecular weight excluding hydrogens is 505 g/mol. The molecule has 3 aromatic rings. The molecule has 16 heteroatoms. The number of alkyl halides is 3. The number of anilines is 1. The summed E-state index contributed by atoms with van der Waals surface area (Å²) in [6.45, 7) is 1.25. The molecule has 3 aromatic heterocycles. The summed E-state index contributed by atoms with van der Waals surface area (Å²) in [5.74, 6) is -1.21. The van der Waals surface area contributed by atoms with Crippen LogP contribution < -0.4 is 5.32 Å². The van der Waals surface area contributed by atoms with E-state index < -0.39 is 40.3 Å². The normalized spacial score (nSPS) is 15.0. The van der Waals surface area contributed by atoms with Gasteiger partial charge >= 0.3 is 6.18 Å². The fourth-order valence-corrected chi connectivity index (χ4v) is 4.91. The third kappa shape index (κ3) is 5.66. The Labute approximate surface area is 203 Å². The third-order valence-electron chi connectivity index (χ3n) is 5.44. The minimum absolute atomic E-state index is 0.0192. The van der Waals surface area contributed by atoms with Crippen LogP contribution in [0.2, 0.25) is 0 Å². The number of aliphatic hydroxyl groups is 1. The molecule has 36 heavy (non-hydrogen) atoms. The molecule has 1 aliphatic rings. The Kier molecular flexibility index (Phi) is 7.01. The van der Waals surface area contributed by atoms with E-state index in [9.17, 15) is 31.5 Å². The predicted molar refractivity (Wildman–Crippen MR) is 119 cm³/mol. The lowest BCUT2D eigenvalue weighted by Gasteiger charge is -2.16. The third-order valence-corrected chi connectivity index (χ3v) is 7.21. The predicted octanol–water partition coefficient (Wildman–Crippen LogP) is 1.53. The molecule has 0 bridgehead atoms. The number of rotatable bonds is 8. The smallest absolute Gasteiger partial charge is 0.390 e. The summed E-state index contributed by atoms with van der Waals surface area (Å²) in [6, 6.07) is 5.79. The van der Waals surface area contributed by atoms with Crippen LogP contribution in [0.5, 0.6) is 0 Å². The molecule has 4 rings (SSSR count). The van der Waals surface area contributed by atoms with Crippen LogP contribution in [0.3, 0.4) is 0 Å². The molecule has 1 amide bonds. The second-order valence-corrected chi connectivity index (χ2v) is 10.2. The van der Waals surface area contributed by atoms with Gasteiger partial charge in [-0.05, 0) is 46.7 Å². The minimum Gasteiger partial charge on any atom is -0.394 e. The van der Waals surface area contributed by atoms with E-state index in [2.05, 4.69) is 30.8 Å². The Hall–Kier alpha value is -3.50. The standard InChI is InChI=1S/C20H21F3N8O4S/c1-12(11-32)31-18(27-28-29-31)15-3-2-4-17(25-15)26-19(33)16-7-13-9-30(10-14(13)8-24-16)36(34,35)6-5-20(21,22)23/h2-4,7-8,12,32H,5-6,9-11H2,1H3,(H,25,26,33)/t12-/m1/s1. The van der Waals surface area contributed by atoms with Gasteiger partial charge in [-0.1, -0.05) is 6.07 Å². The maximum atomic E-state index is 12.8. The number of tetrazole rings is 1. The van der Waals surface area contributed by atoms with E-state index in [4.69, 9.17) is 0 Å². The lowest BCUT2D eigenvalue weighted by molar-refractivity contribution is -0.130. The van der Waals surface area contributed by atoms with E-state index >= 15 is 0 Å². The van der Waals surface area contributed by atoms with Gasteiger partial charge in [-0.25, -0.2) is 18.1 Å². The first kappa shape index (κ1) is 25.6. The van der Waals surface area contributed by atoms with Crippen molar-refractivity contribution < 1.29 is 31.5 Å². The molecule has 192 valence electrons. The summed E-state index contributed by atoms with van der Waals surface area (Å²) >= 11 is 0. The number of halogens is 3. The number of fused-ring (bicyclic) bond motifs is 1. The maximum absolute atomic E-state index is 12.8. The van der Waals surface area contributed by atoms with Gasteiger partial charge in [0.05, 0.1) is 24.8 Å². The van der Waals surface area contributed by atoms with Gasteiger partial charge in [-0.2, -0.15) is 17.5 Å². The zero-order valence-electron chi connectivity index (χ0n) is 18.8. The van der Waals surface area contributed by atoms with Crippen molar-refractivity contribution in [3.63, 3.8) is 0 Å². The van der Waals surface area contributed by atoms with Gasteiger partial charge in [-0.15, -0.1) is 5.10 Å². The topological polar surface area (TPSA) is 156 Å². The van der Waals surface area contributed by atoms with Gasteiger partial charge in [0.1, 0.15) is 17.2 Å². The van der Waals surface area contributed by atoms with Crippen LogP contribution in [-0.4, -0.2) is 72.4 Å². The first-order valence-electron chi connectivity index (χ1n) is 10.7. The van der Waals surface area contributed by atoms with Crippen molar-refractivity contribution in [2.24, 2.45) is 0 Å². The summed E-state index contributed by atoms with van der Waals surface area (Å²) in [4.78, 5) is 21.2. The van der Waals surface area contributed by atoms with Crippen molar-refractivity contribution in [1.82, 2.24) is 34.5 Å². The largest absolute Gasteiger partial charge is 0.394 e. The summed E-state index contributed by atoms with van der Waals surface area (Å²) < 4.78 is 64.4. The number of hydrogen-bond donors (Lipinski definition) is 2. The SMILES string of the molecule is C[C@H](CO)n1nnnc1-c1cccc(NC(=O)c2cc3c(cn2)CN(S(=O)(=O)CCC(F)(F)F)C3)n1. The van der Waals surface area contributed by atoms with E-state index in [-0.39, 0.29) is 37.0 Å². The summed E-state index contributed by atoms with van der Waals surface area (Å²) in [7, 11) is -4.14. The molecule has 1 atom stereocenters. The molecule has 2 N–H and O–H groups in total. The first-order chi connectivity index (χ1) is 17.0. The Bertz CT molecular complexity index is 1380. The molecular formula is C20H21F3N8O4S. The van der Waals surface area contributed by atoms with Gasteiger partial charge in [0.2, 0.25) is 15.8 Å². The molecule has 1 aliphatic heterocycles. The number of amides is 1. The number of aromatic nitrogens is 6. The number of pyridine rings is 2. The highest BCUT2D eigenvalue weighted by atomic mass is 32.2. The zero-order valence-corrected chi connectivity index (χ0v) is 19.7. The maximum Gasteiger partial charge on any atom is 0.390 e. The monoisotopic (exact) mass is 526 g/mol. The van der Waals surface area contributed by atoms with E-state index in [0.29, 0.717) is 16.8 Å². The van der Waals surface area contributed by atoms with E-state index in [1.165, 1.54) is 23.0 Å². The van der Waals surface area contributed by atoms with Crippen molar-refractivity contribution in [2.75, 3.05) is 17.7 Å². The fourth-order valence-electron chi connectivity index (χ4n) is 3.49. The number of hydrogen-bond acceptors (Lipinski definition) is 9. The van der Waals surface area contributed by atoms with Crippen molar-refractivity contribution in [3.05, 3.63) is 47.3 Å². The quantitative estimate of drug-likeness (QED) is 0.444. The highest BCUT2D eigenvalue weighted by Gasteiger charge is 2.35. The van der Waals surface area contributed by atoms with Gasteiger partial charge < -0.3 is 10.4 Å². The molecule has 0 spiro atoms. The van der Waals surface area contributed by atoms with Crippen LogP contribution in [0.15, 0.2) is 30.5 Å². The average Bonchev–Trinajstić information content (AvgIpc) is 3.49. The lowest BCUT2D eigenvalue weighted by Crippen LogP contribution is -2.30. The molecule has 4 heterocycles. The molecule has 0 saturated heterocycles. The highest BCUT2D eigenvalue weighted by molar-refractivity contribution is 7.89. The number of nitrogens with one attached hydrogen (secondary N) is 1. The number of sulfonamides is 1. The Morgan fingerprint density at radius 3 is 2.72 bits per heavy atom. The van der Waals surface area contributed by atoms with Crippen LogP contribution >= 0.6 is 0 Å². The molecule has 0 radical (unpaired) electrons. The van der Waals surface area contributed by atoms with Crippen LogP contribution in [0.25, 0.3) is 11.5 Å². The highest BCUT2D eigenvalue weighted by Crippen LogP contribution is 2.28.